The van der Waals surface area contributed by atoms with E-state index in [1.807, 2.05) is 0 Å². The fourth-order valence-corrected chi connectivity index (χ4v) is 9.57. The van der Waals surface area contributed by atoms with Gasteiger partial charge >= 0.3 is 0 Å². The van der Waals surface area contributed by atoms with Crippen LogP contribution in [0.2, 0.25) is 0 Å². The van der Waals surface area contributed by atoms with Gasteiger partial charge in [0.2, 0.25) is 0 Å². The van der Waals surface area contributed by atoms with Crippen LogP contribution in [0.15, 0.2) is 194 Å². The molecule has 0 N–H and O–H groups in total. The van der Waals surface area contributed by atoms with Gasteiger partial charge < -0.3 is 0 Å². The highest BCUT2D eigenvalue weighted by molar-refractivity contribution is 6.25. The second kappa shape index (κ2) is 12.1. The average Bonchev–Trinajstić information content (AvgIpc) is 3.47. The third-order valence-corrected chi connectivity index (χ3v) is 12.2. The molecule has 11 rings (SSSR count). The molecule has 0 bridgehead atoms. The highest BCUT2D eigenvalue weighted by atomic mass is 14.4. The van der Waals surface area contributed by atoms with Crippen molar-refractivity contribution in [1.29, 1.82) is 0 Å². The summed E-state index contributed by atoms with van der Waals surface area (Å²) in [6.07, 6.45) is 0. The van der Waals surface area contributed by atoms with Crippen LogP contribution in [0, 0.1) is 0 Å². The maximum absolute atomic E-state index is 2.45. The van der Waals surface area contributed by atoms with Crippen molar-refractivity contribution in [3.05, 3.63) is 205 Å². The zero-order valence-electron chi connectivity index (χ0n) is 31.0. The van der Waals surface area contributed by atoms with Gasteiger partial charge in [-0.25, -0.2) is 0 Å². The van der Waals surface area contributed by atoms with Gasteiger partial charge in [-0.1, -0.05) is 184 Å². The van der Waals surface area contributed by atoms with Crippen molar-refractivity contribution >= 4 is 43.1 Å². The van der Waals surface area contributed by atoms with Crippen molar-refractivity contribution in [2.45, 2.75) is 19.3 Å². The molecule has 0 heteroatoms. The first-order chi connectivity index (χ1) is 27.0. The minimum Gasteiger partial charge on any atom is -0.0622 e. The van der Waals surface area contributed by atoms with E-state index in [4.69, 9.17) is 0 Å². The molecule has 0 saturated heterocycles. The first-order valence-corrected chi connectivity index (χ1v) is 19.3. The number of hydrogen-bond acceptors (Lipinski definition) is 0. The molecule has 0 atom stereocenters. The second-order valence-electron chi connectivity index (χ2n) is 15.6. The highest BCUT2D eigenvalue weighted by Gasteiger charge is 2.36. The predicted molar refractivity (Wildman–Crippen MR) is 236 cm³/mol. The Balaban J connectivity index is 1.08. The lowest BCUT2D eigenvalue weighted by Crippen LogP contribution is -2.15. The first kappa shape index (κ1) is 31.7. The van der Waals surface area contributed by atoms with Gasteiger partial charge in [-0.05, 0) is 134 Å². The van der Waals surface area contributed by atoms with Gasteiger partial charge in [0.15, 0.2) is 0 Å². The fraction of sp³-hybridized carbons (Fsp3) is 0.0545. The molecule has 0 aromatic heterocycles. The van der Waals surface area contributed by atoms with E-state index in [1.54, 1.807) is 0 Å². The summed E-state index contributed by atoms with van der Waals surface area (Å²) in [5, 5.41) is 10.2. The Kier molecular flexibility index (Phi) is 7.00. The van der Waals surface area contributed by atoms with Crippen molar-refractivity contribution in [2.75, 3.05) is 0 Å². The maximum atomic E-state index is 2.45. The Hall–Kier alpha value is -6.76. The Morgan fingerprint density at radius 3 is 1.36 bits per heavy atom. The summed E-state index contributed by atoms with van der Waals surface area (Å²) in [6, 6.07) is 72.2. The molecule has 0 spiro atoms. The van der Waals surface area contributed by atoms with Crippen molar-refractivity contribution < 1.29 is 0 Å². The summed E-state index contributed by atoms with van der Waals surface area (Å²) >= 11 is 0. The lowest BCUT2D eigenvalue weighted by molar-refractivity contribution is 0.661. The van der Waals surface area contributed by atoms with Gasteiger partial charge in [-0.3, -0.25) is 0 Å². The second-order valence-corrected chi connectivity index (χ2v) is 15.6. The van der Waals surface area contributed by atoms with Crippen LogP contribution in [-0.4, -0.2) is 0 Å². The molecule has 0 heterocycles. The SMILES string of the molecule is CC1(C)c2cc(-c3ccccc3)ccc2-c2ccc(-c3cccc(-c4c5ccccc5c(-c5cc6ccccc6c6ccccc56)c5ccccc45)c3)cc21. The summed E-state index contributed by atoms with van der Waals surface area (Å²) in [5.74, 6) is 0. The molecule has 0 saturated carbocycles. The topological polar surface area (TPSA) is 0 Å². The molecule has 55 heavy (non-hydrogen) atoms. The van der Waals surface area contributed by atoms with Gasteiger partial charge in [0.1, 0.15) is 0 Å². The lowest BCUT2D eigenvalue weighted by Gasteiger charge is -2.23. The third kappa shape index (κ3) is 4.85. The highest BCUT2D eigenvalue weighted by Crippen LogP contribution is 2.51. The molecule has 10 aromatic rings. The number of rotatable bonds is 4. The predicted octanol–water partition coefficient (Wildman–Crippen LogP) is 15.3. The normalized spacial score (nSPS) is 13.1. The third-order valence-electron chi connectivity index (χ3n) is 12.2. The molecular weight excluding hydrogens is 661 g/mol. The number of benzene rings is 10. The number of hydrogen-bond donors (Lipinski definition) is 0. The van der Waals surface area contributed by atoms with Crippen LogP contribution < -0.4 is 0 Å². The largest absolute Gasteiger partial charge is 0.0622 e. The van der Waals surface area contributed by atoms with Gasteiger partial charge in [0, 0.05) is 5.41 Å². The standard InChI is InChI=1S/C55H38/c1-55(2)51-33-37(35-15-4-3-5-16-35)27-29-44(51)45-30-28-38(34-52(45)55)36-18-14-19-40(31-36)53-46-23-10-12-25-48(46)54(49-26-13-11-24-47(49)53)50-32-39-17-6-7-20-41(39)42-21-8-9-22-43(42)50/h3-34H,1-2H3. The summed E-state index contributed by atoms with van der Waals surface area (Å²) in [7, 11) is 0. The zero-order valence-corrected chi connectivity index (χ0v) is 31.0. The molecule has 10 aromatic carbocycles. The van der Waals surface area contributed by atoms with Crippen LogP contribution in [0.5, 0.6) is 0 Å². The van der Waals surface area contributed by atoms with Crippen molar-refractivity contribution in [3.63, 3.8) is 0 Å². The molecule has 0 fully saturated rings. The Morgan fingerprint density at radius 1 is 0.273 bits per heavy atom. The van der Waals surface area contributed by atoms with Crippen LogP contribution >= 0.6 is 0 Å². The van der Waals surface area contributed by atoms with Crippen molar-refractivity contribution in [1.82, 2.24) is 0 Å². The van der Waals surface area contributed by atoms with E-state index in [-0.39, 0.29) is 5.41 Å². The average molecular weight is 699 g/mol. The molecule has 1 aliphatic carbocycles. The van der Waals surface area contributed by atoms with Gasteiger partial charge in [0.25, 0.3) is 0 Å². The number of fused-ring (bicyclic) bond motifs is 8. The van der Waals surface area contributed by atoms with E-state index in [9.17, 15) is 0 Å². The quantitative estimate of drug-likeness (QED) is 0.127. The Bertz CT molecular complexity index is 3100. The van der Waals surface area contributed by atoms with E-state index in [1.165, 1.54) is 110 Å². The zero-order chi connectivity index (χ0) is 36.7. The van der Waals surface area contributed by atoms with E-state index >= 15 is 0 Å². The molecule has 258 valence electrons. The summed E-state index contributed by atoms with van der Waals surface area (Å²) in [6.45, 7) is 4.76. The maximum Gasteiger partial charge on any atom is 0.0159 e. The minimum atomic E-state index is -0.113. The molecule has 0 nitrogen and oxygen atoms in total. The summed E-state index contributed by atoms with van der Waals surface area (Å²) in [4.78, 5) is 0. The van der Waals surface area contributed by atoms with Gasteiger partial charge in [0.05, 0.1) is 0 Å². The molecule has 0 amide bonds. The molecule has 0 aliphatic heterocycles. The molecule has 0 unspecified atom stereocenters. The van der Waals surface area contributed by atoms with E-state index in [0.717, 1.165) is 0 Å². The summed E-state index contributed by atoms with van der Waals surface area (Å²) in [5.41, 5.74) is 15.4. The molecular formula is C55H38. The smallest absolute Gasteiger partial charge is 0.0159 e. The van der Waals surface area contributed by atoms with Crippen LogP contribution in [0.1, 0.15) is 25.0 Å². The van der Waals surface area contributed by atoms with Crippen LogP contribution in [0.4, 0.5) is 0 Å². The van der Waals surface area contributed by atoms with Crippen molar-refractivity contribution in [2.24, 2.45) is 0 Å². The Labute approximate surface area is 322 Å². The van der Waals surface area contributed by atoms with Crippen LogP contribution in [0.25, 0.3) is 98.7 Å². The lowest BCUT2D eigenvalue weighted by atomic mass is 9.80. The van der Waals surface area contributed by atoms with E-state index < -0.39 is 0 Å². The van der Waals surface area contributed by atoms with Crippen molar-refractivity contribution in [3.8, 4) is 55.6 Å². The van der Waals surface area contributed by atoms with Crippen LogP contribution in [-0.2, 0) is 5.41 Å². The first-order valence-electron chi connectivity index (χ1n) is 19.3. The summed E-state index contributed by atoms with van der Waals surface area (Å²) < 4.78 is 0. The Morgan fingerprint density at radius 2 is 0.727 bits per heavy atom. The molecule has 1 aliphatic rings. The molecule has 0 radical (unpaired) electrons. The van der Waals surface area contributed by atoms with Gasteiger partial charge in [-0.15, -0.1) is 0 Å². The van der Waals surface area contributed by atoms with Gasteiger partial charge in [-0.2, -0.15) is 0 Å². The van der Waals surface area contributed by atoms with E-state index in [2.05, 4.69) is 208 Å². The van der Waals surface area contributed by atoms with E-state index in [0.29, 0.717) is 0 Å². The monoisotopic (exact) mass is 698 g/mol. The fourth-order valence-electron chi connectivity index (χ4n) is 9.57. The van der Waals surface area contributed by atoms with Crippen LogP contribution in [0.3, 0.4) is 0 Å². The minimum absolute atomic E-state index is 0.113.